The highest BCUT2D eigenvalue weighted by molar-refractivity contribution is 7.99. The summed E-state index contributed by atoms with van der Waals surface area (Å²) in [6.07, 6.45) is 3.94. The Balaban J connectivity index is 2.46. The first-order valence-corrected chi connectivity index (χ1v) is 4.80. The topological polar surface area (TPSA) is 54.5 Å². The molecule has 2 aromatic heterocycles. The van der Waals surface area contributed by atoms with Crippen molar-refractivity contribution in [3.05, 3.63) is 18.2 Å². The van der Waals surface area contributed by atoms with E-state index < -0.39 is 0 Å². The van der Waals surface area contributed by atoms with E-state index in [1.54, 1.807) is 6.20 Å². The lowest BCUT2D eigenvalue weighted by Crippen LogP contribution is -1.95. The number of hydrogen-bond donors (Lipinski definition) is 3. The van der Waals surface area contributed by atoms with Crippen LogP contribution in [0.25, 0.3) is 11.0 Å². The van der Waals surface area contributed by atoms with E-state index in [1.165, 1.54) is 6.33 Å². The van der Waals surface area contributed by atoms with Gasteiger partial charge in [0.2, 0.25) is 0 Å². The highest BCUT2D eigenvalue weighted by Gasteiger charge is 2.07. The molecule has 0 saturated carbocycles. The van der Waals surface area contributed by atoms with Crippen LogP contribution in [-0.2, 0) is 6.42 Å². The van der Waals surface area contributed by atoms with Crippen LogP contribution >= 0.6 is 25.3 Å². The number of H-pyrrole nitrogens is 1. The fourth-order valence-corrected chi connectivity index (χ4v) is 1.51. The molecule has 6 heteroatoms. The lowest BCUT2D eigenvalue weighted by atomic mass is 10.2. The van der Waals surface area contributed by atoms with Crippen LogP contribution < -0.4 is 0 Å². The van der Waals surface area contributed by atoms with Crippen LogP contribution in [0.15, 0.2) is 12.5 Å². The molecule has 0 bridgehead atoms. The smallest absolute Gasteiger partial charge is 0.184 e. The molecule has 2 aromatic rings. The van der Waals surface area contributed by atoms with Gasteiger partial charge in [0.25, 0.3) is 0 Å². The Morgan fingerprint density at radius 2 is 2.31 bits per heavy atom. The van der Waals surface area contributed by atoms with E-state index in [4.69, 9.17) is 0 Å². The highest BCUT2D eigenvalue weighted by atomic mass is 32.2. The maximum atomic E-state index is 4.19. The Bertz CT molecular complexity index is 412. The normalized spacial score (nSPS) is 11.3. The molecular formula is C7H8N4S2. The van der Waals surface area contributed by atoms with Crippen molar-refractivity contribution in [1.82, 2.24) is 20.2 Å². The van der Waals surface area contributed by atoms with Gasteiger partial charge >= 0.3 is 0 Å². The van der Waals surface area contributed by atoms with Crippen molar-refractivity contribution in [3.63, 3.8) is 0 Å². The molecule has 0 aromatic carbocycles. The van der Waals surface area contributed by atoms with Crippen molar-refractivity contribution < 1.29 is 0 Å². The summed E-state index contributed by atoms with van der Waals surface area (Å²) in [5, 5.41) is 7.86. The third-order valence-corrected chi connectivity index (χ3v) is 2.06. The zero-order valence-corrected chi connectivity index (χ0v) is 8.46. The van der Waals surface area contributed by atoms with Gasteiger partial charge in [-0.05, 0) is 0 Å². The summed E-state index contributed by atoms with van der Waals surface area (Å²) >= 11 is 8.37. The number of nitrogens with one attached hydrogen (secondary N) is 1. The van der Waals surface area contributed by atoms with Crippen LogP contribution in [0.1, 0.15) is 5.69 Å². The first kappa shape index (κ1) is 8.83. The summed E-state index contributed by atoms with van der Waals surface area (Å²) in [7, 11) is 0. The van der Waals surface area contributed by atoms with Gasteiger partial charge in [-0.15, -0.1) is 0 Å². The average Bonchev–Trinajstić information content (AvgIpc) is 2.48. The summed E-state index contributed by atoms with van der Waals surface area (Å²) < 4.78 is 0.00357. The average molecular weight is 212 g/mol. The Labute approximate surface area is 86.0 Å². The van der Waals surface area contributed by atoms with Crippen LogP contribution in [0.2, 0.25) is 0 Å². The van der Waals surface area contributed by atoms with Gasteiger partial charge in [-0.3, -0.25) is 5.10 Å². The lowest BCUT2D eigenvalue weighted by molar-refractivity contribution is 0.976. The Morgan fingerprint density at radius 1 is 1.46 bits per heavy atom. The van der Waals surface area contributed by atoms with E-state index in [9.17, 15) is 0 Å². The molecule has 0 atom stereocenters. The van der Waals surface area contributed by atoms with Gasteiger partial charge in [0.1, 0.15) is 6.33 Å². The summed E-state index contributed by atoms with van der Waals surface area (Å²) in [5.74, 6) is 0. The minimum Gasteiger partial charge on any atom is -0.280 e. The number of hydrogen-bond acceptors (Lipinski definition) is 5. The molecule has 0 fully saturated rings. The van der Waals surface area contributed by atoms with E-state index in [1.807, 2.05) is 0 Å². The minimum absolute atomic E-state index is 0.00357. The second-order valence-electron chi connectivity index (χ2n) is 2.65. The molecule has 4 nitrogen and oxygen atoms in total. The number of aromatic nitrogens is 4. The van der Waals surface area contributed by atoms with Crippen LogP contribution in [0, 0.1) is 0 Å². The Hall–Kier alpha value is -0.750. The predicted molar refractivity (Wildman–Crippen MR) is 57.1 cm³/mol. The molecule has 0 radical (unpaired) electrons. The number of rotatable bonds is 2. The second kappa shape index (κ2) is 3.55. The van der Waals surface area contributed by atoms with Crippen molar-refractivity contribution in [2.45, 2.75) is 11.0 Å². The van der Waals surface area contributed by atoms with Crippen LogP contribution in [0.4, 0.5) is 0 Å². The van der Waals surface area contributed by atoms with Gasteiger partial charge in [-0.1, -0.05) is 0 Å². The van der Waals surface area contributed by atoms with E-state index in [2.05, 4.69) is 45.4 Å². The van der Waals surface area contributed by atoms with Gasteiger partial charge in [0.15, 0.2) is 5.65 Å². The zero-order valence-electron chi connectivity index (χ0n) is 6.68. The predicted octanol–water partition coefficient (Wildman–Crippen LogP) is 1.08. The standard InChI is InChI=1S/C7H8N4S2/c12-6(13)1-5-4-2-8-3-9-7(4)11-10-5/h2-3,6,12-13H,1H2,(H,8,9,10,11). The monoisotopic (exact) mass is 212 g/mol. The SMILES string of the molecule is SC(S)Cc1[nH]nc2ncncc12. The maximum absolute atomic E-state index is 4.19. The highest BCUT2D eigenvalue weighted by Crippen LogP contribution is 2.16. The Morgan fingerprint density at radius 3 is 3.08 bits per heavy atom. The number of nitrogens with zero attached hydrogens (tertiary/aromatic N) is 3. The second-order valence-corrected chi connectivity index (χ2v) is 4.30. The first-order valence-electron chi connectivity index (χ1n) is 3.76. The van der Waals surface area contributed by atoms with Crippen molar-refractivity contribution in [2.24, 2.45) is 0 Å². The lowest BCUT2D eigenvalue weighted by Gasteiger charge is -1.99. The molecule has 68 valence electrons. The molecule has 0 aliphatic carbocycles. The molecule has 2 heterocycles. The van der Waals surface area contributed by atoms with E-state index >= 15 is 0 Å². The quantitative estimate of drug-likeness (QED) is 0.516. The third kappa shape index (κ3) is 1.78. The largest absolute Gasteiger partial charge is 0.280 e. The van der Waals surface area contributed by atoms with E-state index in [0.29, 0.717) is 5.65 Å². The fraction of sp³-hybridized carbons (Fsp3) is 0.286. The van der Waals surface area contributed by atoms with Gasteiger partial charge in [0, 0.05) is 22.9 Å². The molecule has 13 heavy (non-hydrogen) atoms. The molecule has 0 aliphatic rings. The molecule has 0 amide bonds. The summed E-state index contributed by atoms with van der Waals surface area (Å²) in [4.78, 5) is 7.94. The summed E-state index contributed by atoms with van der Waals surface area (Å²) in [5.41, 5.74) is 1.66. The van der Waals surface area contributed by atoms with Gasteiger partial charge < -0.3 is 0 Å². The summed E-state index contributed by atoms with van der Waals surface area (Å²) in [6, 6.07) is 0. The van der Waals surface area contributed by atoms with Crippen LogP contribution in [0.3, 0.4) is 0 Å². The molecule has 0 aliphatic heterocycles. The van der Waals surface area contributed by atoms with E-state index in [-0.39, 0.29) is 4.58 Å². The molecule has 0 spiro atoms. The minimum atomic E-state index is 0.00357. The number of thiol groups is 2. The molecule has 0 unspecified atom stereocenters. The van der Waals surface area contributed by atoms with Gasteiger partial charge in [-0.2, -0.15) is 30.4 Å². The van der Waals surface area contributed by atoms with Crippen molar-refractivity contribution >= 4 is 36.3 Å². The van der Waals surface area contributed by atoms with Crippen LogP contribution in [0.5, 0.6) is 0 Å². The molecule has 2 rings (SSSR count). The van der Waals surface area contributed by atoms with Crippen molar-refractivity contribution in [3.8, 4) is 0 Å². The molecule has 1 N–H and O–H groups in total. The van der Waals surface area contributed by atoms with E-state index in [0.717, 1.165) is 17.5 Å². The van der Waals surface area contributed by atoms with Crippen molar-refractivity contribution in [2.75, 3.05) is 0 Å². The van der Waals surface area contributed by atoms with Crippen LogP contribution in [-0.4, -0.2) is 24.7 Å². The molecular weight excluding hydrogens is 204 g/mol. The number of aromatic amines is 1. The summed E-state index contributed by atoms with van der Waals surface area (Å²) in [6.45, 7) is 0. The Kier molecular flexibility index (Phi) is 2.41. The maximum Gasteiger partial charge on any atom is 0.184 e. The third-order valence-electron chi connectivity index (χ3n) is 1.70. The van der Waals surface area contributed by atoms with Gasteiger partial charge in [0.05, 0.1) is 5.39 Å². The number of fused-ring (bicyclic) bond motifs is 1. The van der Waals surface area contributed by atoms with Crippen molar-refractivity contribution in [1.29, 1.82) is 0 Å². The molecule has 0 saturated heterocycles. The fourth-order valence-electron chi connectivity index (χ4n) is 1.14. The first-order chi connectivity index (χ1) is 6.27. The van der Waals surface area contributed by atoms with Gasteiger partial charge in [-0.25, -0.2) is 9.97 Å². The zero-order chi connectivity index (χ0) is 9.26.